The Bertz CT molecular complexity index is 339. The van der Waals surface area contributed by atoms with E-state index >= 15 is 0 Å². The second kappa shape index (κ2) is 4.44. The lowest BCUT2D eigenvalue weighted by atomic mass is 10.1. The van der Waals surface area contributed by atoms with Gasteiger partial charge in [-0.2, -0.15) is 0 Å². The zero-order chi connectivity index (χ0) is 11.5. The van der Waals surface area contributed by atoms with Gasteiger partial charge in [0.2, 0.25) is 5.91 Å². The second-order valence-corrected chi connectivity index (χ2v) is 4.47. The zero-order valence-electron chi connectivity index (χ0n) is 9.55. The molecule has 5 heteroatoms. The highest BCUT2D eigenvalue weighted by molar-refractivity contribution is 5.91. The minimum atomic E-state index is -0.127. The van der Waals surface area contributed by atoms with Gasteiger partial charge in [0.15, 0.2) is 5.82 Å². The molecule has 0 aliphatic heterocycles. The van der Waals surface area contributed by atoms with Gasteiger partial charge in [0.25, 0.3) is 0 Å². The third kappa shape index (κ3) is 4.60. The zero-order valence-corrected chi connectivity index (χ0v) is 9.55. The molecule has 5 nitrogen and oxygen atoms in total. The lowest BCUT2D eigenvalue weighted by molar-refractivity contribution is -0.115. The minimum Gasteiger partial charge on any atom is -0.360 e. The molecular weight excluding hydrogens is 194 g/mol. The molecule has 0 aliphatic carbocycles. The maximum atomic E-state index is 11.4. The fraction of sp³-hybridized carbons (Fsp3) is 0.600. The van der Waals surface area contributed by atoms with Crippen molar-refractivity contribution in [2.75, 3.05) is 11.9 Å². The molecule has 0 fully saturated rings. The first-order valence-electron chi connectivity index (χ1n) is 4.85. The first kappa shape index (κ1) is 11.7. The minimum absolute atomic E-state index is 0.0723. The van der Waals surface area contributed by atoms with Gasteiger partial charge < -0.3 is 15.2 Å². The summed E-state index contributed by atoms with van der Waals surface area (Å²) < 4.78 is 4.83. The number of hydrogen-bond donors (Lipinski definition) is 2. The average Bonchev–Trinajstić information content (AvgIpc) is 2.47. The van der Waals surface area contributed by atoms with Crippen LogP contribution in [0.4, 0.5) is 5.82 Å². The number of anilines is 1. The summed E-state index contributed by atoms with van der Waals surface area (Å²) in [4.78, 5) is 11.4. The number of nitrogens with one attached hydrogen (secondary N) is 2. The lowest BCUT2D eigenvalue weighted by Crippen LogP contribution is -2.41. The van der Waals surface area contributed by atoms with Gasteiger partial charge in [-0.3, -0.25) is 4.79 Å². The van der Waals surface area contributed by atoms with Crippen LogP contribution in [0.5, 0.6) is 0 Å². The molecule has 0 aliphatic rings. The van der Waals surface area contributed by atoms with E-state index < -0.39 is 0 Å². The van der Waals surface area contributed by atoms with Crippen molar-refractivity contribution in [2.45, 2.75) is 33.2 Å². The van der Waals surface area contributed by atoms with E-state index in [1.807, 2.05) is 20.8 Å². The quantitative estimate of drug-likeness (QED) is 0.791. The summed E-state index contributed by atoms with van der Waals surface area (Å²) in [6.07, 6.45) is 0. The van der Waals surface area contributed by atoms with E-state index in [0.717, 1.165) is 0 Å². The Kier molecular flexibility index (Phi) is 3.47. The molecule has 15 heavy (non-hydrogen) atoms. The first-order valence-corrected chi connectivity index (χ1v) is 4.85. The van der Waals surface area contributed by atoms with Gasteiger partial charge in [-0.05, 0) is 27.7 Å². The summed E-state index contributed by atoms with van der Waals surface area (Å²) in [5.74, 6) is 1.00. The Morgan fingerprint density at radius 2 is 2.20 bits per heavy atom. The van der Waals surface area contributed by atoms with Gasteiger partial charge in [-0.15, -0.1) is 0 Å². The van der Waals surface area contributed by atoms with Crippen molar-refractivity contribution in [3.8, 4) is 0 Å². The van der Waals surface area contributed by atoms with E-state index in [-0.39, 0.29) is 18.0 Å². The van der Waals surface area contributed by atoms with Gasteiger partial charge in [-0.1, -0.05) is 5.16 Å². The van der Waals surface area contributed by atoms with Crippen LogP contribution < -0.4 is 10.6 Å². The van der Waals surface area contributed by atoms with Crippen LogP contribution in [0.15, 0.2) is 10.6 Å². The first-order chi connectivity index (χ1) is 6.87. The number of carbonyl (C=O) groups excluding carboxylic acids is 1. The van der Waals surface area contributed by atoms with Crippen molar-refractivity contribution in [1.29, 1.82) is 0 Å². The van der Waals surface area contributed by atoms with Crippen LogP contribution in [-0.2, 0) is 4.79 Å². The third-order valence-corrected chi connectivity index (χ3v) is 1.67. The largest absolute Gasteiger partial charge is 0.360 e. The smallest absolute Gasteiger partial charge is 0.239 e. The van der Waals surface area contributed by atoms with Crippen LogP contribution in [0, 0.1) is 6.92 Å². The van der Waals surface area contributed by atoms with Crippen LogP contribution in [0.1, 0.15) is 26.5 Å². The summed E-state index contributed by atoms with van der Waals surface area (Å²) in [5, 5.41) is 9.37. The van der Waals surface area contributed by atoms with Gasteiger partial charge in [0.05, 0.1) is 6.54 Å². The standard InChI is InChI=1S/C10H17N3O2/c1-7-5-8(13-15-7)12-9(14)6-11-10(2,3)4/h5,11H,6H2,1-4H3,(H,12,13,14). The second-order valence-electron chi connectivity index (χ2n) is 4.47. The molecule has 1 rings (SSSR count). The van der Waals surface area contributed by atoms with Crippen molar-refractivity contribution < 1.29 is 9.32 Å². The van der Waals surface area contributed by atoms with Gasteiger partial charge in [0.1, 0.15) is 5.76 Å². The molecule has 1 heterocycles. The lowest BCUT2D eigenvalue weighted by Gasteiger charge is -2.19. The molecule has 1 aromatic rings. The molecule has 0 saturated carbocycles. The highest BCUT2D eigenvalue weighted by atomic mass is 16.5. The Balaban J connectivity index is 2.37. The van der Waals surface area contributed by atoms with Crippen molar-refractivity contribution in [1.82, 2.24) is 10.5 Å². The van der Waals surface area contributed by atoms with Gasteiger partial charge >= 0.3 is 0 Å². The molecule has 1 aromatic heterocycles. The van der Waals surface area contributed by atoms with Crippen molar-refractivity contribution in [3.63, 3.8) is 0 Å². The van der Waals surface area contributed by atoms with E-state index in [2.05, 4.69) is 15.8 Å². The Labute approximate surface area is 89.2 Å². The van der Waals surface area contributed by atoms with Gasteiger partial charge in [-0.25, -0.2) is 0 Å². The predicted octanol–water partition coefficient (Wildman–Crippen LogP) is 1.31. The molecule has 1 amide bonds. The van der Waals surface area contributed by atoms with Crippen LogP contribution in [0.3, 0.4) is 0 Å². The third-order valence-electron chi connectivity index (χ3n) is 1.67. The van der Waals surface area contributed by atoms with Crippen LogP contribution in [0.25, 0.3) is 0 Å². The molecular formula is C10H17N3O2. The Hall–Kier alpha value is -1.36. The van der Waals surface area contributed by atoms with E-state index in [4.69, 9.17) is 4.52 Å². The number of carbonyl (C=O) groups is 1. The Morgan fingerprint density at radius 3 is 2.67 bits per heavy atom. The topological polar surface area (TPSA) is 67.2 Å². The molecule has 0 aromatic carbocycles. The summed E-state index contributed by atoms with van der Waals surface area (Å²) in [6, 6.07) is 1.68. The molecule has 84 valence electrons. The molecule has 0 unspecified atom stereocenters. The molecule has 0 bridgehead atoms. The number of aryl methyl sites for hydroxylation is 1. The van der Waals surface area contributed by atoms with Crippen LogP contribution in [-0.4, -0.2) is 23.1 Å². The number of amides is 1. The van der Waals surface area contributed by atoms with Crippen LogP contribution in [0.2, 0.25) is 0 Å². The maximum absolute atomic E-state index is 11.4. The molecule has 0 saturated heterocycles. The van der Waals surface area contributed by atoms with E-state index in [0.29, 0.717) is 11.6 Å². The number of hydrogen-bond acceptors (Lipinski definition) is 4. The van der Waals surface area contributed by atoms with E-state index in [1.54, 1.807) is 13.0 Å². The average molecular weight is 211 g/mol. The molecule has 0 atom stereocenters. The summed E-state index contributed by atoms with van der Waals surface area (Å²) in [6.45, 7) is 8.03. The van der Waals surface area contributed by atoms with Crippen LogP contribution >= 0.6 is 0 Å². The fourth-order valence-electron chi connectivity index (χ4n) is 0.958. The Morgan fingerprint density at radius 1 is 1.53 bits per heavy atom. The summed E-state index contributed by atoms with van der Waals surface area (Å²) in [7, 11) is 0. The SMILES string of the molecule is Cc1cc(NC(=O)CNC(C)(C)C)no1. The van der Waals surface area contributed by atoms with Crippen molar-refractivity contribution >= 4 is 11.7 Å². The fourth-order valence-corrected chi connectivity index (χ4v) is 0.958. The monoisotopic (exact) mass is 211 g/mol. The molecule has 0 radical (unpaired) electrons. The van der Waals surface area contributed by atoms with E-state index in [9.17, 15) is 4.79 Å². The number of rotatable bonds is 3. The van der Waals surface area contributed by atoms with Gasteiger partial charge in [0, 0.05) is 11.6 Å². The van der Waals surface area contributed by atoms with Crippen molar-refractivity contribution in [2.24, 2.45) is 0 Å². The highest BCUT2D eigenvalue weighted by Gasteiger charge is 2.12. The van der Waals surface area contributed by atoms with Crippen molar-refractivity contribution in [3.05, 3.63) is 11.8 Å². The number of nitrogens with zero attached hydrogens (tertiary/aromatic N) is 1. The molecule has 2 N–H and O–H groups in total. The predicted molar refractivity (Wildman–Crippen MR) is 57.6 cm³/mol. The highest BCUT2D eigenvalue weighted by Crippen LogP contribution is 2.06. The van der Waals surface area contributed by atoms with E-state index in [1.165, 1.54) is 0 Å². The molecule has 0 spiro atoms. The summed E-state index contributed by atoms with van der Waals surface area (Å²) >= 11 is 0. The maximum Gasteiger partial charge on any atom is 0.239 e. The summed E-state index contributed by atoms with van der Waals surface area (Å²) in [5.41, 5.74) is -0.0723. The normalized spacial score (nSPS) is 11.5. The number of aromatic nitrogens is 1.